The van der Waals surface area contributed by atoms with E-state index in [-0.39, 0.29) is 12.5 Å². The monoisotopic (exact) mass is 429 g/mol. The first kappa shape index (κ1) is 19.1. The molecule has 0 aromatic heterocycles. The number of benzene rings is 2. The Bertz CT molecular complexity index is 887. The predicted molar refractivity (Wildman–Crippen MR) is 106 cm³/mol. The molecule has 1 heterocycles. The Labute approximate surface area is 166 Å². The van der Waals surface area contributed by atoms with Gasteiger partial charge in [0.2, 0.25) is 5.91 Å². The number of hydrogen-bond acceptors (Lipinski definition) is 3. The minimum absolute atomic E-state index is 0.309. The van der Waals surface area contributed by atoms with E-state index in [0.29, 0.717) is 12.1 Å². The molecule has 1 atom stereocenters. The number of nitrogens with one attached hydrogen (secondary N) is 1. The van der Waals surface area contributed by atoms with E-state index in [1.54, 1.807) is 30.0 Å². The van der Waals surface area contributed by atoms with Crippen LogP contribution in [0.3, 0.4) is 0 Å². The van der Waals surface area contributed by atoms with Crippen LogP contribution in [0.5, 0.6) is 0 Å². The van der Waals surface area contributed by atoms with Crippen molar-refractivity contribution in [2.45, 2.75) is 19.4 Å². The van der Waals surface area contributed by atoms with Crippen molar-refractivity contribution in [3.05, 3.63) is 64.6 Å². The van der Waals surface area contributed by atoms with Gasteiger partial charge in [-0.25, -0.2) is 4.79 Å². The maximum Gasteiger partial charge on any atom is 0.325 e. The van der Waals surface area contributed by atoms with Crippen molar-refractivity contribution in [2.75, 3.05) is 18.0 Å². The smallest absolute Gasteiger partial charge is 0.319 e. The normalized spacial score (nSPS) is 19.1. The molecule has 1 aliphatic rings. The van der Waals surface area contributed by atoms with Gasteiger partial charge in [0.15, 0.2) is 0 Å². The molecule has 1 saturated heterocycles. The van der Waals surface area contributed by atoms with Crippen LogP contribution in [-0.2, 0) is 15.1 Å². The van der Waals surface area contributed by atoms with Gasteiger partial charge in [0.25, 0.3) is 5.91 Å². The zero-order chi connectivity index (χ0) is 19.6. The largest absolute Gasteiger partial charge is 0.325 e. The van der Waals surface area contributed by atoms with Crippen molar-refractivity contribution < 1.29 is 14.4 Å². The number of hydrogen-bond donors (Lipinski definition) is 1. The Morgan fingerprint density at radius 2 is 1.85 bits per heavy atom. The van der Waals surface area contributed by atoms with Crippen LogP contribution in [0.25, 0.3) is 0 Å². The molecule has 1 fully saturated rings. The van der Waals surface area contributed by atoms with Crippen LogP contribution in [0.15, 0.2) is 59.1 Å². The summed E-state index contributed by atoms with van der Waals surface area (Å²) in [6.45, 7) is 3.63. The van der Waals surface area contributed by atoms with Gasteiger partial charge in [0.05, 0.1) is 0 Å². The highest BCUT2D eigenvalue weighted by molar-refractivity contribution is 9.10. The molecule has 7 heteroatoms. The van der Waals surface area contributed by atoms with Gasteiger partial charge in [-0.3, -0.25) is 14.5 Å². The fourth-order valence-electron chi connectivity index (χ4n) is 3.17. The number of halogens is 1. The SMILES string of the molecule is CCN(C(=O)CN1C(=O)N[C@](C)(c2cccc(Br)c2)C1=O)c1ccccc1. The molecule has 0 radical (unpaired) electrons. The topological polar surface area (TPSA) is 69.7 Å². The molecule has 140 valence electrons. The quantitative estimate of drug-likeness (QED) is 0.741. The Balaban J connectivity index is 1.82. The number of nitrogens with zero attached hydrogens (tertiary/aromatic N) is 2. The third-order valence-electron chi connectivity index (χ3n) is 4.66. The maximum atomic E-state index is 13.0. The summed E-state index contributed by atoms with van der Waals surface area (Å²) >= 11 is 3.38. The number of amides is 4. The lowest BCUT2D eigenvalue weighted by molar-refractivity contribution is -0.134. The second kappa shape index (κ2) is 7.52. The maximum absolute atomic E-state index is 13.0. The first-order valence-electron chi connectivity index (χ1n) is 8.62. The molecule has 6 nitrogen and oxygen atoms in total. The van der Waals surface area contributed by atoms with Crippen LogP contribution in [0, 0.1) is 0 Å². The second-order valence-corrected chi connectivity index (χ2v) is 7.35. The zero-order valence-corrected chi connectivity index (χ0v) is 16.7. The van der Waals surface area contributed by atoms with Gasteiger partial charge in [0, 0.05) is 16.7 Å². The Hall–Kier alpha value is -2.67. The second-order valence-electron chi connectivity index (χ2n) is 6.43. The van der Waals surface area contributed by atoms with Crippen molar-refractivity contribution in [3.8, 4) is 0 Å². The minimum atomic E-state index is -1.20. The predicted octanol–water partition coefficient (Wildman–Crippen LogP) is 3.27. The summed E-state index contributed by atoms with van der Waals surface area (Å²) in [7, 11) is 0. The lowest BCUT2D eigenvalue weighted by atomic mass is 9.92. The standard InChI is InChI=1S/C20H20BrN3O3/c1-3-23(16-10-5-4-6-11-16)17(25)13-24-18(26)20(2,22-19(24)27)14-8-7-9-15(21)12-14/h4-12H,3,13H2,1-2H3,(H,22,27)/t20-/m1/s1. The minimum Gasteiger partial charge on any atom is -0.319 e. The van der Waals surface area contributed by atoms with E-state index in [2.05, 4.69) is 21.2 Å². The van der Waals surface area contributed by atoms with Gasteiger partial charge >= 0.3 is 6.03 Å². The molecular weight excluding hydrogens is 410 g/mol. The highest BCUT2D eigenvalue weighted by Gasteiger charge is 2.49. The summed E-state index contributed by atoms with van der Waals surface area (Å²) in [6, 6.07) is 15.8. The van der Waals surface area contributed by atoms with Crippen molar-refractivity contribution >= 4 is 39.5 Å². The fourth-order valence-corrected chi connectivity index (χ4v) is 3.57. The molecule has 1 N–H and O–H groups in total. The number of likely N-dealkylation sites (N-methyl/N-ethyl adjacent to an activating group) is 1. The summed E-state index contributed by atoms with van der Waals surface area (Å²) in [5, 5.41) is 2.72. The van der Waals surface area contributed by atoms with E-state index in [1.165, 1.54) is 0 Å². The number of carbonyl (C=O) groups excluding carboxylic acids is 3. The van der Waals surface area contributed by atoms with Gasteiger partial charge in [-0.1, -0.05) is 46.3 Å². The van der Waals surface area contributed by atoms with E-state index in [0.717, 1.165) is 15.1 Å². The summed E-state index contributed by atoms with van der Waals surface area (Å²) in [6.07, 6.45) is 0. The number of rotatable bonds is 5. The summed E-state index contributed by atoms with van der Waals surface area (Å²) < 4.78 is 0.805. The molecule has 27 heavy (non-hydrogen) atoms. The fraction of sp³-hybridized carbons (Fsp3) is 0.250. The summed E-state index contributed by atoms with van der Waals surface area (Å²) in [5.41, 5.74) is 0.178. The molecule has 2 aromatic carbocycles. The van der Waals surface area contributed by atoms with Crippen molar-refractivity contribution in [2.24, 2.45) is 0 Å². The van der Waals surface area contributed by atoms with E-state index in [1.807, 2.05) is 43.3 Å². The summed E-state index contributed by atoms with van der Waals surface area (Å²) in [5.74, 6) is -0.756. The van der Waals surface area contributed by atoms with E-state index >= 15 is 0 Å². The van der Waals surface area contributed by atoms with E-state index < -0.39 is 17.5 Å². The number of carbonyl (C=O) groups is 3. The molecule has 0 unspecified atom stereocenters. The summed E-state index contributed by atoms with van der Waals surface area (Å²) in [4.78, 5) is 40.7. The lowest BCUT2D eigenvalue weighted by Gasteiger charge is -2.24. The molecular formula is C20H20BrN3O3. The Morgan fingerprint density at radius 1 is 1.15 bits per heavy atom. The van der Waals surface area contributed by atoms with E-state index in [4.69, 9.17) is 0 Å². The van der Waals surface area contributed by atoms with Crippen LogP contribution in [0.1, 0.15) is 19.4 Å². The third kappa shape index (κ3) is 3.60. The zero-order valence-electron chi connectivity index (χ0n) is 15.1. The average molecular weight is 430 g/mol. The van der Waals surface area contributed by atoms with Crippen molar-refractivity contribution in [3.63, 3.8) is 0 Å². The van der Waals surface area contributed by atoms with Gasteiger partial charge in [0.1, 0.15) is 12.1 Å². The van der Waals surface area contributed by atoms with Gasteiger partial charge in [-0.2, -0.15) is 0 Å². The number of urea groups is 1. The van der Waals surface area contributed by atoms with Crippen LogP contribution in [0.2, 0.25) is 0 Å². The highest BCUT2D eigenvalue weighted by atomic mass is 79.9. The lowest BCUT2D eigenvalue weighted by Crippen LogP contribution is -2.44. The molecule has 0 spiro atoms. The molecule has 4 amide bonds. The van der Waals surface area contributed by atoms with Gasteiger partial charge < -0.3 is 10.2 Å². The van der Waals surface area contributed by atoms with E-state index in [9.17, 15) is 14.4 Å². The average Bonchev–Trinajstić information content (AvgIpc) is 2.87. The van der Waals surface area contributed by atoms with Crippen molar-refractivity contribution in [1.29, 1.82) is 0 Å². The van der Waals surface area contributed by atoms with Crippen LogP contribution in [0.4, 0.5) is 10.5 Å². The highest BCUT2D eigenvalue weighted by Crippen LogP contribution is 2.30. The van der Waals surface area contributed by atoms with Gasteiger partial charge in [-0.15, -0.1) is 0 Å². The van der Waals surface area contributed by atoms with Gasteiger partial charge in [-0.05, 0) is 43.7 Å². The van der Waals surface area contributed by atoms with Crippen LogP contribution >= 0.6 is 15.9 Å². The molecule has 0 bridgehead atoms. The molecule has 0 saturated carbocycles. The van der Waals surface area contributed by atoms with Crippen LogP contribution in [-0.4, -0.2) is 35.8 Å². The molecule has 3 rings (SSSR count). The first-order chi connectivity index (χ1) is 12.9. The van der Waals surface area contributed by atoms with Crippen LogP contribution < -0.4 is 10.2 Å². The number of para-hydroxylation sites is 1. The Kier molecular flexibility index (Phi) is 5.32. The first-order valence-corrected chi connectivity index (χ1v) is 9.41. The molecule has 2 aromatic rings. The van der Waals surface area contributed by atoms with Crippen molar-refractivity contribution in [1.82, 2.24) is 10.2 Å². The molecule has 1 aliphatic heterocycles. The molecule has 0 aliphatic carbocycles. The number of anilines is 1. The third-order valence-corrected chi connectivity index (χ3v) is 5.15. The Morgan fingerprint density at radius 3 is 2.48 bits per heavy atom. The number of imide groups is 1.